The quantitative estimate of drug-likeness (QED) is 0.519. The Labute approximate surface area is 112 Å². The summed E-state index contributed by atoms with van der Waals surface area (Å²) in [5, 5.41) is 10.0. The van der Waals surface area contributed by atoms with Crippen molar-refractivity contribution in [3.05, 3.63) is 47.3 Å². The van der Waals surface area contributed by atoms with Crippen molar-refractivity contribution in [3.63, 3.8) is 0 Å². The summed E-state index contributed by atoms with van der Waals surface area (Å²) in [6, 6.07) is 9.64. The lowest BCUT2D eigenvalue weighted by molar-refractivity contribution is 0.103. The van der Waals surface area contributed by atoms with E-state index in [1.54, 1.807) is 25.1 Å². The number of benzene rings is 1. The van der Waals surface area contributed by atoms with Gasteiger partial charge in [0, 0.05) is 31.2 Å². The average Bonchev–Trinajstić information content (AvgIpc) is 2.77. The monoisotopic (exact) mass is 253 g/mol. The largest absolute Gasteiger partial charge is 0.382 e. The molecule has 0 aliphatic heterocycles. The molecule has 0 unspecified atom stereocenters. The number of H-pyrrole nitrogens is 1. The van der Waals surface area contributed by atoms with Crippen molar-refractivity contribution in [2.24, 2.45) is 0 Å². The molecular weight excluding hydrogens is 238 g/mol. The van der Waals surface area contributed by atoms with Crippen molar-refractivity contribution in [3.8, 4) is 6.07 Å². The first kappa shape index (κ1) is 12.9. The minimum Gasteiger partial charge on any atom is -0.382 e. The molecule has 0 radical (unpaired) electrons. The molecule has 2 aromatic rings. The van der Waals surface area contributed by atoms with Gasteiger partial charge < -0.3 is 9.88 Å². The van der Waals surface area contributed by atoms with E-state index in [2.05, 4.69) is 4.98 Å². The summed E-state index contributed by atoms with van der Waals surface area (Å²) in [7, 11) is 3.55. The van der Waals surface area contributed by atoms with Crippen LogP contribution in [0.2, 0.25) is 0 Å². The van der Waals surface area contributed by atoms with E-state index in [1.165, 1.54) is 6.20 Å². The Morgan fingerprint density at radius 2 is 2.11 bits per heavy atom. The van der Waals surface area contributed by atoms with Crippen molar-refractivity contribution in [2.75, 3.05) is 14.1 Å². The minimum atomic E-state index is -0.287. The van der Waals surface area contributed by atoms with Crippen LogP contribution in [0.25, 0.3) is 10.9 Å². The van der Waals surface area contributed by atoms with E-state index < -0.39 is 0 Å². The van der Waals surface area contributed by atoms with Crippen LogP contribution in [0.4, 0.5) is 0 Å². The number of ketones is 1. The van der Waals surface area contributed by atoms with E-state index in [1.807, 2.05) is 31.2 Å². The molecular formula is C15H15N3O. The molecule has 4 nitrogen and oxygen atoms in total. The molecule has 0 spiro atoms. The number of carbonyl (C=O) groups excluding carboxylic acids is 1. The maximum Gasteiger partial charge on any atom is 0.221 e. The highest BCUT2D eigenvalue weighted by molar-refractivity contribution is 6.12. The smallest absolute Gasteiger partial charge is 0.221 e. The van der Waals surface area contributed by atoms with E-state index in [0.29, 0.717) is 5.69 Å². The Morgan fingerprint density at radius 3 is 2.74 bits per heavy atom. The molecule has 1 aromatic heterocycles. The second-order valence-electron chi connectivity index (χ2n) is 4.72. The number of carbonyl (C=O) groups is 1. The molecule has 0 saturated carbocycles. The lowest BCUT2D eigenvalue weighted by atomic mass is 10.1. The Bertz CT molecular complexity index is 702. The summed E-state index contributed by atoms with van der Waals surface area (Å²) in [4.78, 5) is 17.0. The van der Waals surface area contributed by atoms with Crippen LogP contribution in [0.1, 0.15) is 16.1 Å². The SMILES string of the molecule is Cc1ccc2[nH]c(C(=O)C(C#N)=CN(C)C)cc2c1. The first-order valence-corrected chi connectivity index (χ1v) is 5.93. The molecule has 96 valence electrons. The van der Waals surface area contributed by atoms with Crippen molar-refractivity contribution < 1.29 is 4.79 Å². The molecule has 2 rings (SSSR count). The fourth-order valence-electron chi connectivity index (χ4n) is 1.92. The van der Waals surface area contributed by atoms with Gasteiger partial charge in [-0.2, -0.15) is 5.26 Å². The number of nitriles is 1. The Morgan fingerprint density at radius 1 is 1.37 bits per heavy atom. The fourth-order valence-corrected chi connectivity index (χ4v) is 1.92. The molecule has 0 atom stereocenters. The van der Waals surface area contributed by atoms with Crippen molar-refractivity contribution in [2.45, 2.75) is 6.92 Å². The zero-order chi connectivity index (χ0) is 14.0. The molecule has 0 aliphatic rings. The third-order valence-corrected chi connectivity index (χ3v) is 2.77. The van der Waals surface area contributed by atoms with E-state index in [4.69, 9.17) is 5.26 Å². The molecule has 19 heavy (non-hydrogen) atoms. The Hall–Kier alpha value is -2.54. The van der Waals surface area contributed by atoms with E-state index in [0.717, 1.165) is 16.5 Å². The molecule has 1 heterocycles. The Kier molecular flexibility index (Phi) is 3.39. The van der Waals surface area contributed by atoms with Gasteiger partial charge in [-0.25, -0.2) is 0 Å². The van der Waals surface area contributed by atoms with Gasteiger partial charge in [0.2, 0.25) is 5.78 Å². The van der Waals surface area contributed by atoms with Gasteiger partial charge in [0.05, 0.1) is 5.69 Å². The highest BCUT2D eigenvalue weighted by Crippen LogP contribution is 2.19. The molecule has 1 N–H and O–H groups in total. The van der Waals surface area contributed by atoms with Gasteiger partial charge in [-0.15, -0.1) is 0 Å². The van der Waals surface area contributed by atoms with Crippen LogP contribution in [-0.4, -0.2) is 29.8 Å². The predicted octanol–water partition coefficient (Wildman–Crippen LogP) is 2.63. The van der Waals surface area contributed by atoms with Gasteiger partial charge in [0.25, 0.3) is 0 Å². The third kappa shape index (κ3) is 2.66. The van der Waals surface area contributed by atoms with Gasteiger partial charge in [-0.3, -0.25) is 4.79 Å². The lowest BCUT2D eigenvalue weighted by Gasteiger charge is -2.04. The average molecular weight is 253 g/mol. The maximum absolute atomic E-state index is 12.2. The van der Waals surface area contributed by atoms with Crippen LogP contribution < -0.4 is 0 Å². The summed E-state index contributed by atoms with van der Waals surface area (Å²) in [6.07, 6.45) is 1.53. The second-order valence-corrected chi connectivity index (χ2v) is 4.72. The number of Topliss-reactive ketones (excluding diaryl/α,β-unsaturated/α-hetero) is 1. The van der Waals surface area contributed by atoms with Crippen molar-refractivity contribution in [1.29, 1.82) is 5.26 Å². The number of aromatic amines is 1. The van der Waals surface area contributed by atoms with Crippen molar-refractivity contribution >= 4 is 16.7 Å². The summed E-state index contributed by atoms with van der Waals surface area (Å²) in [5.74, 6) is -0.287. The van der Waals surface area contributed by atoms with Crippen LogP contribution in [-0.2, 0) is 0 Å². The first-order valence-electron chi connectivity index (χ1n) is 5.93. The van der Waals surface area contributed by atoms with E-state index >= 15 is 0 Å². The highest BCUT2D eigenvalue weighted by atomic mass is 16.1. The van der Waals surface area contributed by atoms with Crippen LogP contribution in [0.3, 0.4) is 0 Å². The number of nitrogens with one attached hydrogen (secondary N) is 1. The second kappa shape index (κ2) is 4.99. The fraction of sp³-hybridized carbons (Fsp3) is 0.200. The first-order chi connectivity index (χ1) is 9.01. The number of hydrogen-bond donors (Lipinski definition) is 1. The zero-order valence-corrected chi connectivity index (χ0v) is 11.2. The van der Waals surface area contributed by atoms with Gasteiger partial charge in [0.15, 0.2) is 0 Å². The summed E-state index contributed by atoms with van der Waals surface area (Å²) < 4.78 is 0. The molecule has 0 saturated heterocycles. The minimum absolute atomic E-state index is 0.119. The molecule has 0 aliphatic carbocycles. The molecule has 1 aromatic carbocycles. The van der Waals surface area contributed by atoms with Gasteiger partial charge in [-0.1, -0.05) is 11.6 Å². The number of rotatable bonds is 3. The maximum atomic E-state index is 12.2. The molecule has 0 fully saturated rings. The summed E-state index contributed by atoms with van der Waals surface area (Å²) in [5.41, 5.74) is 2.59. The Balaban J connectivity index is 2.44. The normalized spacial score (nSPS) is 11.4. The van der Waals surface area contributed by atoms with E-state index in [-0.39, 0.29) is 11.4 Å². The van der Waals surface area contributed by atoms with Crippen LogP contribution in [0.15, 0.2) is 36.0 Å². The number of aromatic nitrogens is 1. The van der Waals surface area contributed by atoms with Gasteiger partial charge >= 0.3 is 0 Å². The van der Waals surface area contributed by atoms with Crippen LogP contribution >= 0.6 is 0 Å². The number of hydrogen-bond acceptors (Lipinski definition) is 3. The molecule has 0 bridgehead atoms. The zero-order valence-electron chi connectivity index (χ0n) is 11.2. The number of nitrogens with zero attached hydrogens (tertiary/aromatic N) is 2. The number of allylic oxidation sites excluding steroid dienone is 1. The predicted molar refractivity (Wildman–Crippen MR) is 74.7 cm³/mol. The van der Waals surface area contributed by atoms with Gasteiger partial charge in [0.1, 0.15) is 11.6 Å². The standard InChI is InChI=1S/C15H15N3O/c1-10-4-5-13-11(6-10)7-14(17-13)15(19)12(8-16)9-18(2)3/h4-7,9,17H,1-3H3. The number of aryl methyl sites for hydroxylation is 1. The number of fused-ring (bicyclic) bond motifs is 1. The molecule has 0 amide bonds. The molecule has 4 heteroatoms. The summed E-state index contributed by atoms with van der Waals surface area (Å²) >= 11 is 0. The van der Waals surface area contributed by atoms with Crippen LogP contribution in [0.5, 0.6) is 0 Å². The van der Waals surface area contributed by atoms with Gasteiger partial charge in [-0.05, 0) is 25.1 Å². The topological polar surface area (TPSA) is 59.9 Å². The third-order valence-electron chi connectivity index (χ3n) is 2.77. The van der Waals surface area contributed by atoms with E-state index in [9.17, 15) is 4.79 Å². The van der Waals surface area contributed by atoms with Crippen molar-refractivity contribution in [1.82, 2.24) is 9.88 Å². The summed E-state index contributed by atoms with van der Waals surface area (Å²) in [6.45, 7) is 2.00. The van der Waals surface area contributed by atoms with Crippen LogP contribution in [0, 0.1) is 18.3 Å². The lowest BCUT2D eigenvalue weighted by Crippen LogP contribution is -2.09. The highest BCUT2D eigenvalue weighted by Gasteiger charge is 2.15.